The summed E-state index contributed by atoms with van der Waals surface area (Å²) in [5.41, 5.74) is 5.10. The van der Waals surface area contributed by atoms with Crippen molar-refractivity contribution in [3.8, 4) is 11.3 Å². The van der Waals surface area contributed by atoms with Crippen LogP contribution in [0.5, 0.6) is 0 Å². The van der Waals surface area contributed by atoms with Gasteiger partial charge in [0, 0.05) is 23.1 Å². The third kappa shape index (κ3) is 4.27. The van der Waals surface area contributed by atoms with Crippen LogP contribution in [0.25, 0.3) is 11.3 Å². The molecule has 3 aromatic rings. The minimum absolute atomic E-state index is 0.0336. The van der Waals surface area contributed by atoms with Crippen LogP contribution in [0.4, 0.5) is 16.5 Å². The van der Waals surface area contributed by atoms with E-state index in [1.807, 2.05) is 35.7 Å². The second-order valence-corrected chi connectivity index (χ2v) is 7.28. The Morgan fingerprint density at radius 3 is 2.48 bits per heavy atom. The van der Waals surface area contributed by atoms with Crippen molar-refractivity contribution < 1.29 is 4.92 Å². The van der Waals surface area contributed by atoms with Crippen LogP contribution in [-0.2, 0) is 0 Å². The average molecular weight is 483 g/mol. The number of hydrogen-bond acceptors (Lipinski definition) is 6. The molecule has 1 N–H and O–H groups in total. The number of nitrogens with zero attached hydrogens (tertiary/aromatic N) is 4. The van der Waals surface area contributed by atoms with Gasteiger partial charge in [0.25, 0.3) is 5.69 Å². The normalized spacial score (nSPS) is 11.0. The van der Waals surface area contributed by atoms with E-state index in [-0.39, 0.29) is 5.69 Å². The summed E-state index contributed by atoms with van der Waals surface area (Å²) in [6.07, 6.45) is 0. The van der Waals surface area contributed by atoms with Gasteiger partial charge in [-0.2, -0.15) is 0 Å². The van der Waals surface area contributed by atoms with Crippen LogP contribution < -0.4 is 5.43 Å². The number of halogens is 2. The Morgan fingerprint density at radius 1 is 1.16 bits per heavy atom. The fourth-order valence-corrected chi connectivity index (χ4v) is 3.93. The molecule has 2 aromatic carbocycles. The summed E-state index contributed by atoms with van der Waals surface area (Å²) in [4.78, 5) is 14.8. The summed E-state index contributed by atoms with van der Waals surface area (Å²) in [6, 6.07) is 12.6. The van der Waals surface area contributed by atoms with Crippen LogP contribution in [0.1, 0.15) is 0 Å². The predicted molar refractivity (Wildman–Crippen MR) is 104 cm³/mol. The van der Waals surface area contributed by atoms with Gasteiger partial charge in [0.2, 0.25) is 5.13 Å². The number of nitrogens with one attached hydrogen (secondary N) is 1. The fraction of sp³-hybridized carbons (Fsp3) is 0. The van der Waals surface area contributed by atoms with Gasteiger partial charge in [0.15, 0.2) is 0 Å². The summed E-state index contributed by atoms with van der Waals surface area (Å²) >= 11 is 7.92. The molecule has 0 amide bonds. The molecule has 126 valence electrons. The Kier molecular flexibility index (Phi) is 5.51. The molecule has 0 unspecified atom stereocenters. The lowest BCUT2D eigenvalue weighted by Crippen LogP contribution is -1.93. The van der Waals surface area contributed by atoms with Gasteiger partial charge in [0.1, 0.15) is 0 Å². The van der Waals surface area contributed by atoms with E-state index in [0.29, 0.717) is 19.8 Å². The Balaban J connectivity index is 1.74. The zero-order valence-electron chi connectivity index (χ0n) is 12.4. The molecule has 0 saturated heterocycles. The number of aromatic nitrogens is 1. The third-order valence-electron chi connectivity index (χ3n) is 3.10. The summed E-state index contributed by atoms with van der Waals surface area (Å²) in [5.74, 6) is 0. The first kappa shape index (κ1) is 17.6. The lowest BCUT2D eigenvalue weighted by atomic mass is 10.2. The molecule has 3 rings (SSSR count). The molecule has 0 fully saturated rings. The van der Waals surface area contributed by atoms with Gasteiger partial charge in [-0.1, -0.05) is 35.6 Å². The van der Waals surface area contributed by atoms with Crippen LogP contribution in [0.15, 0.2) is 67.1 Å². The van der Waals surface area contributed by atoms with Crippen LogP contribution in [0, 0.1) is 10.1 Å². The molecule has 0 aliphatic carbocycles. The smallest absolute Gasteiger partial charge is 0.258 e. The predicted octanol–water partition coefficient (Wildman–Crippen LogP) is 6.35. The van der Waals surface area contributed by atoms with E-state index in [4.69, 9.17) is 0 Å². The van der Waals surface area contributed by atoms with E-state index in [9.17, 15) is 10.1 Å². The van der Waals surface area contributed by atoms with E-state index in [2.05, 4.69) is 52.6 Å². The third-order valence-corrected chi connectivity index (χ3v) is 5.07. The fourth-order valence-electron chi connectivity index (χ4n) is 1.94. The van der Waals surface area contributed by atoms with Gasteiger partial charge in [-0.05, 0) is 31.9 Å². The van der Waals surface area contributed by atoms with Gasteiger partial charge in [-0.3, -0.25) is 15.5 Å². The number of non-ortho nitro benzene ring substituents is 1. The molecular weight excluding hydrogens is 474 g/mol. The SMILES string of the molecule is O=[N+]([O-])c1cc(Br)c(N/N=N/c2nc(-c3ccccc3)cs2)c(Br)c1. The van der Waals surface area contributed by atoms with E-state index in [1.54, 1.807) is 0 Å². The topological polar surface area (TPSA) is 92.8 Å². The van der Waals surface area contributed by atoms with Crippen LogP contribution >= 0.6 is 43.2 Å². The van der Waals surface area contributed by atoms with Crippen molar-refractivity contribution in [3.05, 3.63) is 66.9 Å². The molecule has 1 aromatic heterocycles. The summed E-state index contributed by atoms with van der Waals surface area (Å²) in [5, 5.41) is 21.2. The summed E-state index contributed by atoms with van der Waals surface area (Å²) < 4.78 is 0.994. The molecule has 10 heteroatoms. The molecule has 25 heavy (non-hydrogen) atoms. The molecular formula is C15H9Br2N5O2S. The van der Waals surface area contributed by atoms with Crippen molar-refractivity contribution in [1.29, 1.82) is 0 Å². The Hall–Kier alpha value is -2.17. The lowest BCUT2D eigenvalue weighted by molar-refractivity contribution is -0.385. The van der Waals surface area contributed by atoms with Crippen molar-refractivity contribution in [1.82, 2.24) is 4.98 Å². The van der Waals surface area contributed by atoms with Gasteiger partial charge < -0.3 is 0 Å². The van der Waals surface area contributed by atoms with Crippen molar-refractivity contribution in [2.75, 3.05) is 5.43 Å². The molecule has 0 bridgehead atoms. The maximum Gasteiger partial charge on any atom is 0.271 e. The van der Waals surface area contributed by atoms with Gasteiger partial charge >= 0.3 is 0 Å². The van der Waals surface area contributed by atoms with E-state index < -0.39 is 4.92 Å². The van der Waals surface area contributed by atoms with Crippen molar-refractivity contribution in [2.45, 2.75) is 0 Å². The highest BCUT2D eigenvalue weighted by Crippen LogP contribution is 2.35. The minimum atomic E-state index is -0.471. The summed E-state index contributed by atoms with van der Waals surface area (Å²) in [6.45, 7) is 0. The highest BCUT2D eigenvalue weighted by Gasteiger charge is 2.13. The molecule has 7 nitrogen and oxygen atoms in total. The number of hydrogen-bond donors (Lipinski definition) is 1. The molecule has 0 aliphatic heterocycles. The van der Waals surface area contributed by atoms with Crippen molar-refractivity contribution >= 4 is 59.7 Å². The number of anilines is 1. The minimum Gasteiger partial charge on any atom is -0.258 e. The number of nitro groups is 1. The lowest BCUT2D eigenvalue weighted by Gasteiger charge is -2.05. The van der Waals surface area contributed by atoms with E-state index in [1.165, 1.54) is 23.5 Å². The maximum atomic E-state index is 10.8. The van der Waals surface area contributed by atoms with Crippen LogP contribution in [-0.4, -0.2) is 9.91 Å². The van der Waals surface area contributed by atoms with Crippen molar-refractivity contribution in [2.24, 2.45) is 10.3 Å². The first-order valence-electron chi connectivity index (χ1n) is 6.86. The molecule has 1 heterocycles. The Morgan fingerprint density at radius 2 is 1.84 bits per heavy atom. The molecule has 0 aliphatic rings. The number of benzene rings is 2. The standard InChI is InChI=1S/C15H9Br2N5O2S/c16-11-6-10(22(23)24)7-12(17)14(11)19-21-20-15-18-13(8-25-15)9-4-2-1-3-5-9/h1-8H,(H,18,19,20). The van der Waals surface area contributed by atoms with Gasteiger partial charge in [-0.15, -0.1) is 16.5 Å². The highest BCUT2D eigenvalue weighted by atomic mass is 79.9. The van der Waals surface area contributed by atoms with Crippen molar-refractivity contribution in [3.63, 3.8) is 0 Å². The first-order valence-corrected chi connectivity index (χ1v) is 9.32. The first-order chi connectivity index (χ1) is 12.0. The van der Waals surface area contributed by atoms with Crippen LogP contribution in [0.3, 0.4) is 0 Å². The van der Waals surface area contributed by atoms with E-state index in [0.717, 1.165) is 11.3 Å². The molecule has 0 spiro atoms. The van der Waals surface area contributed by atoms with E-state index >= 15 is 0 Å². The second-order valence-electron chi connectivity index (χ2n) is 4.73. The Bertz CT molecular complexity index is 923. The zero-order valence-corrected chi connectivity index (χ0v) is 16.4. The largest absolute Gasteiger partial charge is 0.271 e. The number of thiazole rings is 1. The molecule has 0 atom stereocenters. The molecule has 0 saturated carbocycles. The number of rotatable bonds is 5. The highest BCUT2D eigenvalue weighted by molar-refractivity contribution is 9.11. The summed E-state index contributed by atoms with van der Waals surface area (Å²) in [7, 11) is 0. The van der Waals surface area contributed by atoms with Crippen LogP contribution in [0.2, 0.25) is 0 Å². The van der Waals surface area contributed by atoms with Gasteiger partial charge in [0.05, 0.1) is 25.3 Å². The molecule has 0 radical (unpaired) electrons. The quantitative estimate of drug-likeness (QED) is 0.260. The zero-order chi connectivity index (χ0) is 17.8. The average Bonchev–Trinajstić information content (AvgIpc) is 3.07. The second kappa shape index (κ2) is 7.81. The maximum absolute atomic E-state index is 10.8. The monoisotopic (exact) mass is 481 g/mol. The number of nitro benzene ring substituents is 1. The Labute approximate surface area is 163 Å². The van der Waals surface area contributed by atoms with Gasteiger partial charge in [-0.25, -0.2) is 4.98 Å².